The number of carboxylic acid groups (broad SMARTS) is 1. The van der Waals surface area contributed by atoms with Crippen LogP contribution < -0.4 is 0 Å². The molecule has 2 aliphatic heterocycles. The third-order valence-electron chi connectivity index (χ3n) is 5.42. The molecular formula is C19H26N2O5S. The number of likely N-dealkylation sites (tertiary alicyclic amines) is 1. The third kappa shape index (κ3) is 4.32. The summed E-state index contributed by atoms with van der Waals surface area (Å²) in [5.74, 6) is -1.33. The van der Waals surface area contributed by atoms with E-state index in [2.05, 4.69) is 0 Å². The minimum Gasteiger partial charge on any atom is -0.481 e. The first-order valence-corrected chi connectivity index (χ1v) is 10.9. The van der Waals surface area contributed by atoms with Gasteiger partial charge < -0.3 is 10.0 Å². The van der Waals surface area contributed by atoms with Crippen molar-refractivity contribution in [3.63, 3.8) is 0 Å². The number of benzene rings is 1. The first-order chi connectivity index (χ1) is 12.8. The molecule has 148 valence electrons. The Bertz CT molecular complexity index is 806. The topological polar surface area (TPSA) is 95.0 Å². The molecule has 0 bridgehead atoms. The van der Waals surface area contributed by atoms with E-state index in [1.807, 2.05) is 6.92 Å². The first-order valence-electron chi connectivity index (χ1n) is 9.41. The minimum absolute atomic E-state index is 0.190. The summed E-state index contributed by atoms with van der Waals surface area (Å²) in [5, 5.41) is 9.17. The molecule has 7 nitrogen and oxygen atoms in total. The SMILES string of the molecule is CC1CCCN(S(=O)(=O)c2ccc(C(=O)N3CCC[C@H](C(=O)O)C3)cc2)C1. The molecular weight excluding hydrogens is 368 g/mol. The van der Waals surface area contributed by atoms with Crippen LogP contribution in [0.3, 0.4) is 0 Å². The second kappa shape index (κ2) is 7.98. The zero-order chi connectivity index (χ0) is 19.6. The summed E-state index contributed by atoms with van der Waals surface area (Å²) in [7, 11) is -3.55. The van der Waals surface area contributed by atoms with Gasteiger partial charge in [0.25, 0.3) is 5.91 Å². The maximum atomic E-state index is 12.8. The standard InChI is InChI=1S/C19H26N2O5S/c1-14-4-2-11-21(12-14)27(25,26)17-8-6-15(7-9-17)18(22)20-10-3-5-16(13-20)19(23)24/h6-9,14,16H,2-5,10-13H2,1H3,(H,23,24)/t14?,16-/m0/s1. The summed E-state index contributed by atoms with van der Waals surface area (Å²) in [5.41, 5.74) is 0.381. The molecule has 2 fully saturated rings. The van der Waals surface area contributed by atoms with Gasteiger partial charge in [0.2, 0.25) is 10.0 Å². The maximum Gasteiger partial charge on any atom is 0.308 e. The van der Waals surface area contributed by atoms with Crippen molar-refractivity contribution in [1.29, 1.82) is 0 Å². The van der Waals surface area contributed by atoms with Crippen LogP contribution in [0, 0.1) is 11.8 Å². The van der Waals surface area contributed by atoms with Crippen molar-refractivity contribution < 1.29 is 23.1 Å². The van der Waals surface area contributed by atoms with Crippen molar-refractivity contribution in [2.45, 2.75) is 37.5 Å². The number of aliphatic carboxylic acids is 1. The molecule has 1 aromatic carbocycles. The number of carboxylic acids is 1. The lowest BCUT2D eigenvalue weighted by Crippen LogP contribution is -2.42. The monoisotopic (exact) mass is 394 g/mol. The third-order valence-corrected chi connectivity index (χ3v) is 7.30. The van der Waals surface area contributed by atoms with E-state index >= 15 is 0 Å². The molecule has 1 amide bonds. The number of piperidine rings is 2. The second-order valence-corrected chi connectivity index (χ2v) is 9.50. The number of hydrogen-bond donors (Lipinski definition) is 1. The fourth-order valence-electron chi connectivity index (χ4n) is 3.83. The fourth-order valence-corrected chi connectivity index (χ4v) is 5.43. The molecule has 1 aromatic rings. The summed E-state index contributed by atoms with van der Waals surface area (Å²) in [6, 6.07) is 5.99. The number of hydrogen-bond acceptors (Lipinski definition) is 4. The van der Waals surface area contributed by atoms with Gasteiger partial charge in [0.05, 0.1) is 10.8 Å². The Hall–Kier alpha value is -1.93. The summed E-state index contributed by atoms with van der Waals surface area (Å²) in [6.07, 6.45) is 3.12. The van der Waals surface area contributed by atoms with Crippen molar-refractivity contribution in [2.24, 2.45) is 11.8 Å². The highest BCUT2D eigenvalue weighted by Crippen LogP contribution is 2.24. The van der Waals surface area contributed by atoms with Crippen LogP contribution in [0.15, 0.2) is 29.2 Å². The van der Waals surface area contributed by atoms with Gasteiger partial charge in [-0.05, 0) is 55.9 Å². The van der Waals surface area contributed by atoms with Crippen LogP contribution in [-0.2, 0) is 14.8 Å². The number of rotatable bonds is 4. The Balaban J connectivity index is 1.73. The van der Waals surface area contributed by atoms with Crippen LogP contribution in [0.1, 0.15) is 43.0 Å². The lowest BCUT2D eigenvalue weighted by molar-refractivity contribution is -0.143. The lowest BCUT2D eigenvalue weighted by Gasteiger charge is -2.31. The Morgan fingerprint density at radius 1 is 1.04 bits per heavy atom. The number of amides is 1. The van der Waals surface area contributed by atoms with Crippen LogP contribution in [0.2, 0.25) is 0 Å². The molecule has 8 heteroatoms. The highest BCUT2D eigenvalue weighted by atomic mass is 32.2. The van der Waals surface area contributed by atoms with E-state index in [4.69, 9.17) is 5.11 Å². The Labute approximate surface area is 160 Å². The molecule has 27 heavy (non-hydrogen) atoms. The number of nitrogens with zero attached hydrogens (tertiary/aromatic N) is 2. The molecule has 2 aliphatic rings. The molecule has 2 heterocycles. The van der Waals surface area contributed by atoms with Crippen molar-refractivity contribution in [3.05, 3.63) is 29.8 Å². The molecule has 0 saturated carbocycles. The Kier molecular flexibility index (Phi) is 5.86. The van der Waals surface area contributed by atoms with Crippen LogP contribution in [-0.4, -0.2) is 60.8 Å². The second-order valence-electron chi connectivity index (χ2n) is 7.56. The summed E-state index contributed by atoms with van der Waals surface area (Å²) in [6.45, 7) is 3.81. The molecule has 0 aliphatic carbocycles. The normalized spacial score (nSPS) is 24.6. The van der Waals surface area contributed by atoms with Gasteiger partial charge in [0.1, 0.15) is 0 Å². The van der Waals surface area contributed by atoms with E-state index in [1.165, 1.54) is 33.5 Å². The summed E-state index contributed by atoms with van der Waals surface area (Å²) >= 11 is 0. The van der Waals surface area contributed by atoms with Gasteiger partial charge in [-0.25, -0.2) is 8.42 Å². The van der Waals surface area contributed by atoms with Gasteiger partial charge >= 0.3 is 5.97 Å². The van der Waals surface area contributed by atoms with Crippen LogP contribution >= 0.6 is 0 Å². The van der Waals surface area contributed by atoms with Gasteiger partial charge in [0, 0.05) is 31.7 Å². The largest absolute Gasteiger partial charge is 0.481 e. The Morgan fingerprint density at radius 3 is 2.33 bits per heavy atom. The molecule has 2 atom stereocenters. The number of sulfonamides is 1. The summed E-state index contributed by atoms with van der Waals surface area (Å²) in [4.78, 5) is 25.6. The van der Waals surface area contributed by atoms with Gasteiger partial charge in [-0.2, -0.15) is 4.31 Å². The quantitative estimate of drug-likeness (QED) is 0.843. The number of carbonyl (C=O) groups is 2. The fraction of sp³-hybridized carbons (Fsp3) is 0.579. The van der Waals surface area contributed by atoms with E-state index in [0.29, 0.717) is 44.0 Å². The van der Waals surface area contributed by atoms with Crippen LogP contribution in [0.4, 0.5) is 0 Å². The van der Waals surface area contributed by atoms with E-state index in [0.717, 1.165) is 12.8 Å². The van der Waals surface area contributed by atoms with Gasteiger partial charge in [-0.3, -0.25) is 9.59 Å². The van der Waals surface area contributed by atoms with E-state index in [9.17, 15) is 18.0 Å². The zero-order valence-electron chi connectivity index (χ0n) is 15.5. The predicted molar refractivity (Wildman–Crippen MR) is 99.9 cm³/mol. The molecule has 1 unspecified atom stereocenters. The molecule has 2 saturated heterocycles. The Morgan fingerprint density at radius 2 is 1.70 bits per heavy atom. The van der Waals surface area contributed by atoms with Gasteiger partial charge in [-0.15, -0.1) is 0 Å². The lowest BCUT2D eigenvalue weighted by atomic mass is 9.97. The van der Waals surface area contributed by atoms with E-state index < -0.39 is 21.9 Å². The van der Waals surface area contributed by atoms with Crippen LogP contribution in [0.25, 0.3) is 0 Å². The van der Waals surface area contributed by atoms with Gasteiger partial charge in [-0.1, -0.05) is 6.92 Å². The van der Waals surface area contributed by atoms with Crippen molar-refractivity contribution in [3.8, 4) is 0 Å². The highest BCUT2D eigenvalue weighted by molar-refractivity contribution is 7.89. The molecule has 3 rings (SSSR count). The van der Waals surface area contributed by atoms with Gasteiger partial charge in [0.15, 0.2) is 0 Å². The maximum absolute atomic E-state index is 12.8. The molecule has 0 spiro atoms. The van der Waals surface area contributed by atoms with Crippen LogP contribution in [0.5, 0.6) is 0 Å². The highest BCUT2D eigenvalue weighted by Gasteiger charge is 2.30. The number of carbonyl (C=O) groups excluding carboxylic acids is 1. The van der Waals surface area contributed by atoms with Crippen molar-refractivity contribution in [1.82, 2.24) is 9.21 Å². The zero-order valence-corrected chi connectivity index (χ0v) is 16.3. The van der Waals surface area contributed by atoms with Crippen molar-refractivity contribution in [2.75, 3.05) is 26.2 Å². The average molecular weight is 394 g/mol. The minimum atomic E-state index is -3.55. The van der Waals surface area contributed by atoms with E-state index in [-0.39, 0.29) is 17.3 Å². The molecule has 0 aromatic heterocycles. The summed E-state index contributed by atoms with van der Waals surface area (Å²) < 4.78 is 27.1. The molecule has 0 radical (unpaired) electrons. The smallest absolute Gasteiger partial charge is 0.308 e. The molecule has 1 N–H and O–H groups in total. The predicted octanol–water partition coefficient (Wildman–Crippen LogP) is 2.04. The van der Waals surface area contributed by atoms with E-state index in [1.54, 1.807) is 0 Å². The van der Waals surface area contributed by atoms with Crippen molar-refractivity contribution >= 4 is 21.9 Å². The first kappa shape index (κ1) is 19.8. The average Bonchev–Trinajstić information content (AvgIpc) is 2.67.